The quantitative estimate of drug-likeness (QED) is 0.764. The molecule has 2 aliphatic rings. The van der Waals surface area contributed by atoms with Crippen LogP contribution >= 0.6 is 0 Å². The molecule has 1 saturated carbocycles. The summed E-state index contributed by atoms with van der Waals surface area (Å²) < 4.78 is 0. The maximum atomic E-state index is 12.1. The molecule has 2 rings (SSSR count). The van der Waals surface area contributed by atoms with Gasteiger partial charge in [-0.15, -0.1) is 0 Å². The number of rotatable bonds is 4. The zero-order valence-electron chi connectivity index (χ0n) is 9.99. The number of nitrogens with zero attached hydrogens (tertiary/aromatic N) is 1. The summed E-state index contributed by atoms with van der Waals surface area (Å²) in [5, 5.41) is 3.35. The van der Waals surface area contributed by atoms with Crippen LogP contribution in [0, 0.1) is 11.8 Å². The van der Waals surface area contributed by atoms with Crippen molar-refractivity contribution in [2.45, 2.75) is 52.1 Å². The summed E-state index contributed by atoms with van der Waals surface area (Å²) in [6, 6.07) is 0.509. The minimum atomic E-state index is 0.0659. The zero-order valence-corrected chi connectivity index (χ0v) is 9.99. The van der Waals surface area contributed by atoms with E-state index in [4.69, 9.17) is 0 Å². The van der Waals surface area contributed by atoms with Crippen LogP contribution < -0.4 is 5.32 Å². The number of hydrogen-bond donors (Lipinski definition) is 1. The van der Waals surface area contributed by atoms with E-state index in [-0.39, 0.29) is 6.04 Å². The SMILES string of the molecule is CCC(C)C1NCN(C(C)C2CC2)C1=O. The Balaban J connectivity index is 1.96. The van der Waals surface area contributed by atoms with E-state index < -0.39 is 0 Å². The van der Waals surface area contributed by atoms with E-state index in [1.54, 1.807) is 0 Å². The van der Waals surface area contributed by atoms with Crippen molar-refractivity contribution in [3.05, 3.63) is 0 Å². The minimum Gasteiger partial charge on any atom is -0.326 e. The third-order valence-corrected chi connectivity index (χ3v) is 4.04. The fraction of sp³-hybridized carbons (Fsp3) is 0.917. The first-order chi connectivity index (χ1) is 7.15. The molecule has 1 heterocycles. The number of carbonyl (C=O) groups excluding carboxylic acids is 1. The Morgan fingerprint density at radius 2 is 2.13 bits per heavy atom. The van der Waals surface area contributed by atoms with Gasteiger partial charge in [0.25, 0.3) is 0 Å². The van der Waals surface area contributed by atoms with Crippen LogP contribution in [-0.4, -0.2) is 29.6 Å². The van der Waals surface area contributed by atoms with Crippen molar-refractivity contribution in [3.8, 4) is 0 Å². The predicted molar refractivity (Wildman–Crippen MR) is 60.3 cm³/mol. The molecule has 0 aromatic carbocycles. The third kappa shape index (κ3) is 2.03. The standard InChI is InChI=1S/C12H22N2O/c1-4-8(2)11-12(15)14(7-13-11)9(3)10-5-6-10/h8-11,13H,4-7H2,1-3H3. The Morgan fingerprint density at radius 3 is 2.67 bits per heavy atom. The van der Waals surface area contributed by atoms with Gasteiger partial charge < -0.3 is 4.90 Å². The van der Waals surface area contributed by atoms with Gasteiger partial charge >= 0.3 is 0 Å². The molecule has 86 valence electrons. The van der Waals surface area contributed by atoms with Crippen LogP contribution in [0.15, 0.2) is 0 Å². The molecule has 1 saturated heterocycles. The van der Waals surface area contributed by atoms with E-state index in [1.807, 2.05) is 4.90 Å². The summed E-state index contributed by atoms with van der Waals surface area (Å²) in [4.78, 5) is 14.2. The van der Waals surface area contributed by atoms with Gasteiger partial charge in [-0.3, -0.25) is 10.1 Å². The van der Waals surface area contributed by atoms with Gasteiger partial charge in [0.1, 0.15) is 0 Å². The molecule has 1 aliphatic carbocycles. The molecule has 15 heavy (non-hydrogen) atoms. The van der Waals surface area contributed by atoms with E-state index in [1.165, 1.54) is 12.8 Å². The maximum Gasteiger partial charge on any atom is 0.241 e. The average molecular weight is 210 g/mol. The van der Waals surface area contributed by atoms with Crippen molar-refractivity contribution in [2.24, 2.45) is 11.8 Å². The van der Waals surface area contributed by atoms with Gasteiger partial charge in [0, 0.05) is 6.04 Å². The Hall–Kier alpha value is -0.570. The van der Waals surface area contributed by atoms with Gasteiger partial charge in [0.05, 0.1) is 12.7 Å². The Labute approximate surface area is 92.2 Å². The maximum absolute atomic E-state index is 12.1. The van der Waals surface area contributed by atoms with Crippen LogP contribution in [0.2, 0.25) is 0 Å². The molecule has 0 aromatic heterocycles. The van der Waals surface area contributed by atoms with E-state index >= 15 is 0 Å². The van der Waals surface area contributed by atoms with Crippen LogP contribution in [0.4, 0.5) is 0 Å². The normalized spacial score (nSPS) is 30.7. The highest BCUT2D eigenvalue weighted by atomic mass is 16.2. The van der Waals surface area contributed by atoms with Gasteiger partial charge in [-0.25, -0.2) is 0 Å². The fourth-order valence-corrected chi connectivity index (χ4v) is 2.40. The lowest BCUT2D eigenvalue weighted by molar-refractivity contribution is -0.131. The van der Waals surface area contributed by atoms with Gasteiger partial charge in [0.15, 0.2) is 0 Å². The van der Waals surface area contributed by atoms with E-state index in [2.05, 4.69) is 26.1 Å². The molecule has 2 fully saturated rings. The second-order valence-corrected chi connectivity index (χ2v) is 5.11. The molecule has 3 nitrogen and oxygen atoms in total. The van der Waals surface area contributed by atoms with Gasteiger partial charge in [-0.1, -0.05) is 20.3 Å². The van der Waals surface area contributed by atoms with Crippen molar-refractivity contribution in [2.75, 3.05) is 6.67 Å². The number of nitrogens with one attached hydrogen (secondary N) is 1. The molecule has 0 spiro atoms. The third-order valence-electron chi connectivity index (χ3n) is 4.04. The van der Waals surface area contributed by atoms with Crippen molar-refractivity contribution >= 4 is 5.91 Å². The number of carbonyl (C=O) groups is 1. The molecule has 3 atom stereocenters. The molecule has 3 unspecified atom stereocenters. The smallest absolute Gasteiger partial charge is 0.241 e. The highest BCUT2D eigenvalue weighted by Gasteiger charge is 2.41. The van der Waals surface area contributed by atoms with Crippen molar-refractivity contribution in [1.82, 2.24) is 10.2 Å². The van der Waals surface area contributed by atoms with Crippen LogP contribution in [0.3, 0.4) is 0 Å². The molecular weight excluding hydrogens is 188 g/mol. The molecule has 0 bridgehead atoms. The van der Waals surface area contributed by atoms with Gasteiger partial charge in [-0.2, -0.15) is 0 Å². The van der Waals surface area contributed by atoms with Crippen LogP contribution in [0.5, 0.6) is 0 Å². The lowest BCUT2D eigenvalue weighted by atomic mass is 9.99. The largest absolute Gasteiger partial charge is 0.326 e. The minimum absolute atomic E-state index is 0.0659. The highest BCUT2D eigenvalue weighted by molar-refractivity contribution is 5.84. The van der Waals surface area contributed by atoms with Crippen molar-refractivity contribution in [1.29, 1.82) is 0 Å². The van der Waals surface area contributed by atoms with Gasteiger partial charge in [0.2, 0.25) is 5.91 Å². The lowest BCUT2D eigenvalue weighted by Gasteiger charge is -2.24. The molecule has 0 radical (unpaired) electrons. The van der Waals surface area contributed by atoms with Crippen molar-refractivity contribution < 1.29 is 4.79 Å². The Bertz CT molecular complexity index is 250. The Kier molecular flexibility index (Phi) is 3.01. The monoisotopic (exact) mass is 210 g/mol. The second kappa shape index (κ2) is 4.12. The number of amides is 1. The van der Waals surface area contributed by atoms with Crippen LogP contribution in [0.1, 0.15) is 40.0 Å². The van der Waals surface area contributed by atoms with Crippen molar-refractivity contribution in [3.63, 3.8) is 0 Å². The first kappa shape index (κ1) is 10.9. The molecule has 1 aliphatic heterocycles. The molecule has 0 aromatic rings. The first-order valence-corrected chi connectivity index (χ1v) is 6.19. The number of hydrogen-bond acceptors (Lipinski definition) is 2. The molecule has 1 N–H and O–H groups in total. The van der Waals surface area contributed by atoms with E-state index in [0.717, 1.165) is 19.0 Å². The van der Waals surface area contributed by atoms with Gasteiger partial charge in [-0.05, 0) is 31.6 Å². The topological polar surface area (TPSA) is 32.3 Å². The second-order valence-electron chi connectivity index (χ2n) is 5.11. The van der Waals surface area contributed by atoms with Crippen LogP contribution in [0.25, 0.3) is 0 Å². The average Bonchev–Trinajstić information content (AvgIpc) is 3.00. The summed E-state index contributed by atoms with van der Waals surface area (Å²) >= 11 is 0. The zero-order chi connectivity index (χ0) is 11.0. The lowest BCUT2D eigenvalue weighted by Crippen LogP contribution is -2.39. The highest BCUT2D eigenvalue weighted by Crippen LogP contribution is 2.36. The molecule has 3 heteroatoms. The summed E-state index contributed by atoms with van der Waals surface area (Å²) in [6.07, 6.45) is 3.67. The van der Waals surface area contributed by atoms with Crippen LogP contribution in [-0.2, 0) is 4.79 Å². The predicted octanol–water partition coefficient (Wildman–Crippen LogP) is 1.59. The van der Waals surface area contributed by atoms with E-state index in [0.29, 0.717) is 17.9 Å². The summed E-state index contributed by atoms with van der Waals surface area (Å²) in [5.74, 6) is 1.55. The molecular formula is C12H22N2O. The fourth-order valence-electron chi connectivity index (χ4n) is 2.40. The Morgan fingerprint density at radius 1 is 1.47 bits per heavy atom. The van der Waals surface area contributed by atoms with E-state index in [9.17, 15) is 4.79 Å². The summed E-state index contributed by atoms with van der Waals surface area (Å²) in [5.41, 5.74) is 0. The summed E-state index contributed by atoms with van der Waals surface area (Å²) in [6.45, 7) is 7.25. The summed E-state index contributed by atoms with van der Waals surface area (Å²) in [7, 11) is 0. The molecule has 1 amide bonds. The first-order valence-electron chi connectivity index (χ1n) is 6.19.